The van der Waals surface area contributed by atoms with Gasteiger partial charge in [0.25, 0.3) is 0 Å². The third kappa shape index (κ3) is 2.01. The van der Waals surface area contributed by atoms with Crippen molar-refractivity contribution in [3.05, 3.63) is 33.3 Å². The highest BCUT2D eigenvalue weighted by atomic mass is 79.9. The molecule has 17 heavy (non-hydrogen) atoms. The van der Waals surface area contributed by atoms with Crippen LogP contribution in [0, 0.1) is 13.8 Å². The molecular weight excluding hydrogens is 280 g/mol. The predicted molar refractivity (Wildman–Crippen MR) is 71.4 cm³/mol. The number of carboxylic acid groups (broad SMARTS) is 1. The number of halogens is 1. The summed E-state index contributed by atoms with van der Waals surface area (Å²) in [6.07, 6.45) is 3.52. The van der Waals surface area contributed by atoms with Gasteiger partial charge < -0.3 is 5.11 Å². The summed E-state index contributed by atoms with van der Waals surface area (Å²) in [5, 5.41) is 9.60. The Morgan fingerprint density at radius 1 is 1.29 bits per heavy atom. The predicted octanol–water partition coefficient (Wildman–Crippen LogP) is 3.96. The Labute approximate surface area is 110 Å². The van der Waals surface area contributed by atoms with Gasteiger partial charge in [0.05, 0.1) is 5.41 Å². The van der Waals surface area contributed by atoms with Crippen molar-refractivity contribution in [2.45, 2.75) is 44.9 Å². The lowest BCUT2D eigenvalue weighted by molar-refractivity contribution is -0.143. The summed E-state index contributed by atoms with van der Waals surface area (Å²) in [5.41, 5.74) is 2.54. The van der Waals surface area contributed by atoms with Gasteiger partial charge >= 0.3 is 5.97 Å². The number of carbonyl (C=O) groups is 1. The van der Waals surface area contributed by atoms with Crippen LogP contribution in [0.5, 0.6) is 0 Å². The zero-order chi connectivity index (χ0) is 12.6. The third-order valence-electron chi connectivity index (χ3n) is 3.78. The van der Waals surface area contributed by atoms with Gasteiger partial charge in [-0.2, -0.15) is 0 Å². The average molecular weight is 297 g/mol. The summed E-state index contributed by atoms with van der Waals surface area (Å²) in [6.45, 7) is 4.04. The maximum atomic E-state index is 11.7. The molecule has 0 radical (unpaired) electrons. The van der Waals surface area contributed by atoms with Crippen molar-refractivity contribution >= 4 is 21.9 Å². The number of aryl methyl sites for hydroxylation is 2. The van der Waals surface area contributed by atoms with Gasteiger partial charge in [-0.3, -0.25) is 4.79 Å². The van der Waals surface area contributed by atoms with E-state index in [1.165, 1.54) is 0 Å². The molecule has 1 saturated carbocycles. The number of aliphatic carboxylic acids is 1. The Morgan fingerprint density at radius 2 is 1.88 bits per heavy atom. The molecule has 0 heterocycles. The van der Waals surface area contributed by atoms with Gasteiger partial charge in [-0.1, -0.05) is 46.5 Å². The molecule has 1 aromatic carbocycles. The van der Waals surface area contributed by atoms with Crippen LogP contribution < -0.4 is 0 Å². The van der Waals surface area contributed by atoms with E-state index in [4.69, 9.17) is 0 Å². The molecule has 0 bridgehead atoms. The van der Waals surface area contributed by atoms with Crippen molar-refractivity contribution in [1.29, 1.82) is 0 Å². The molecule has 0 amide bonds. The summed E-state index contributed by atoms with van der Waals surface area (Å²) in [7, 11) is 0. The summed E-state index contributed by atoms with van der Waals surface area (Å²) in [5.74, 6) is -0.680. The molecule has 1 aromatic rings. The second kappa shape index (κ2) is 4.45. The summed E-state index contributed by atoms with van der Waals surface area (Å²) >= 11 is 3.56. The quantitative estimate of drug-likeness (QED) is 0.897. The second-order valence-electron chi connectivity index (χ2n) is 5.04. The fourth-order valence-corrected chi connectivity index (χ4v) is 3.48. The molecule has 1 fully saturated rings. The zero-order valence-corrected chi connectivity index (χ0v) is 11.8. The first-order chi connectivity index (χ1) is 7.97. The monoisotopic (exact) mass is 296 g/mol. The first-order valence-electron chi connectivity index (χ1n) is 5.98. The molecule has 3 heteroatoms. The summed E-state index contributed by atoms with van der Waals surface area (Å²) in [6, 6.07) is 4.11. The highest BCUT2D eigenvalue weighted by Gasteiger charge is 2.44. The van der Waals surface area contributed by atoms with Crippen molar-refractivity contribution in [3.8, 4) is 0 Å². The number of benzene rings is 1. The van der Waals surface area contributed by atoms with Gasteiger partial charge in [-0.15, -0.1) is 0 Å². The maximum Gasteiger partial charge on any atom is 0.314 e. The van der Waals surface area contributed by atoms with Crippen LogP contribution in [0.2, 0.25) is 0 Å². The molecule has 2 nitrogen and oxygen atoms in total. The standard InChI is InChI=1S/C14H17BrO2/c1-9-7-10(2)12(15)11(8-9)14(13(16)17)5-3-4-6-14/h7-8H,3-6H2,1-2H3,(H,16,17). The van der Waals surface area contributed by atoms with Crippen LogP contribution in [0.3, 0.4) is 0 Å². The van der Waals surface area contributed by atoms with Gasteiger partial charge in [0, 0.05) is 4.47 Å². The van der Waals surface area contributed by atoms with E-state index in [0.717, 1.165) is 46.8 Å². The highest BCUT2D eigenvalue weighted by Crippen LogP contribution is 2.45. The molecule has 0 aliphatic heterocycles. The SMILES string of the molecule is Cc1cc(C)c(Br)c(C2(C(=O)O)CCCC2)c1. The highest BCUT2D eigenvalue weighted by molar-refractivity contribution is 9.10. The molecule has 1 aliphatic rings. The van der Waals surface area contributed by atoms with Crippen molar-refractivity contribution in [2.24, 2.45) is 0 Å². The lowest BCUT2D eigenvalue weighted by atomic mass is 9.78. The van der Waals surface area contributed by atoms with E-state index in [1.54, 1.807) is 0 Å². The van der Waals surface area contributed by atoms with E-state index in [0.29, 0.717) is 0 Å². The Kier molecular flexibility index (Phi) is 3.30. The van der Waals surface area contributed by atoms with Crippen LogP contribution >= 0.6 is 15.9 Å². The number of hydrogen-bond donors (Lipinski definition) is 1. The van der Waals surface area contributed by atoms with E-state index in [9.17, 15) is 9.90 Å². The van der Waals surface area contributed by atoms with Gasteiger partial charge in [0.1, 0.15) is 0 Å². The summed E-state index contributed by atoms with van der Waals surface area (Å²) in [4.78, 5) is 11.7. The second-order valence-corrected chi connectivity index (χ2v) is 5.83. The van der Waals surface area contributed by atoms with Gasteiger partial charge in [0.2, 0.25) is 0 Å². The minimum atomic E-state index is -0.680. The van der Waals surface area contributed by atoms with Crippen molar-refractivity contribution in [1.82, 2.24) is 0 Å². The Bertz CT molecular complexity index is 460. The van der Waals surface area contributed by atoms with Crippen LogP contribution in [0.1, 0.15) is 42.4 Å². The molecule has 92 valence electrons. The Hall–Kier alpha value is -0.830. The molecular formula is C14H17BrO2. The Balaban J connectivity index is 2.62. The molecule has 1 aliphatic carbocycles. The van der Waals surface area contributed by atoms with E-state index in [2.05, 4.69) is 22.0 Å². The van der Waals surface area contributed by atoms with Gasteiger partial charge in [-0.25, -0.2) is 0 Å². The maximum absolute atomic E-state index is 11.7. The Morgan fingerprint density at radius 3 is 2.41 bits per heavy atom. The van der Waals surface area contributed by atoms with E-state index in [-0.39, 0.29) is 0 Å². The normalized spacial score (nSPS) is 18.3. The smallest absolute Gasteiger partial charge is 0.314 e. The lowest BCUT2D eigenvalue weighted by Crippen LogP contribution is -2.33. The molecule has 0 spiro atoms. The minimum absolute atomic E-state index is 0.671. The van der Waals surface area contributed by atoms with Crippen LogP contribution in [0.15, 0.2) is 16.6 Å². The largest absolute Gasteiger partial charge is 0.481 e. The molecule has 0 atom stereocenters. The lowest BCUT2D eigenvalue weighted by Gasteiger charge is -2.27. The summed E-state index contributed by atoms with van der Waals surface area (Å²) < 4.78 is 0.965. The van der Waals surface area contributed by atoms with Gasteiger partial charge in [0.15, 0.2) is 0 Å². The van der Waals surface area contributed by atoms with Crippen molar-refractivity contribution in [2.75, 3.05) is 0 Å². The first-order valence-corrected chi connectivity index (χ1v) is 6.77. The number of carboxylic acids is 1. The molecule has 0 unspecified atom stereocenters. The molecule has 1 N–H and O–H groups in total. The number of rotatable bonds is 2. The van der Waals surface area contributed by atoms with Crippen molar-refractivity contribution in [3.63, 3.8) is 0 Å². The average Bonchev–Trinajstić information content (AvgIpc) is 2.73. The fraction of sp³-hybridized carbons (Fsp3) is 0.500. The van der Waals surface area contributed by atoms with E-state index >= 15 is 0 Å². The molecule has 0 aromatic heterocycles. The van der Waals surface area contributed by atoms with E-state index in [1.807, 2.05) is 19.9 Å². The third-order valence-corrected chi connectivity index (χ3v) is 4.83. The van der Waals surface area contributed by atoms with Crippen LogP contribution in [0.25, 0.3) is 0 Å². The fourth-order valence-electron chi connectivity index (χ4n) is 2.88. The van der Waals surface area contributed by atoms with Crippen LogP contribution in [0.4, 0.5) is 0 Å². The van der Waals surface area contributed by atoms with E-state index < -0.39 is 11.4 Å². The van der Waals surface area contributed by atoms with Gasteiger partial charge in [-0.05, 0) is 37.8 Å². The molecule has 0 saturated heterocycles. The van der Waals surface area contributed by atoms with Crippen molar-refractivity contribution < 1.29 is 9.90 Å². The zero-order valence-electron chi connectivity index (χ0n) is 10.2. The first kappa shape index (κ1) is 12.6. The topological polar surface area (TPSA) is 37.3 Å². The van der Waals surface area contributed by atoms with Crippen LogP contribution in [-0.4, -0.2) is 11.1 Å². The van der Waals surface area contributed by atoms with Crippen LogP contribution in [-0.2, 0) is 10.2 Å². The minimum Gasteiger partial charge on any atom is -0.481 e. The molecule has 2 rings (SSSR count). The number of hydrogen-bond acceptors (Lipinski definition) is 1.